The summed E-state index contributed by atoms with van der Waals surface area (Å²) < 4.78 is 0. The van der Waals surface area contributed by atoms with E-state index in [0.717, 1.165) is 25.9 Å². The highest BCUT2D eigenvalue weighted by Gasteiger charge is 2.22. The fourth-order valence-electron chi connectivity index (χ4n) is 1.79. The third kappa shape index (κ3) is 4.03. The minimum absolute atomic E-state index is 0.0897. The van der Waals surface area contributed by atoms with Gasteiger partial charge in [0.05, 0.1) is 0 Å². The molecule has 1 aliphatic heterocycles. The third-order valence-corrected chi connectivity index (χ3v) is 3.26. The molecule has 1 unspecified atom stereocenters. The van der Waals surface area contributed by atoms with Gasteiger partial charge in [-0.05, 0) is 19.8 Å². The van der Waals surface area contributed by atoms with E-state index in [9.17, 15) is 4.79 Å². The Morgan fingerprint density at radius 2 is 1.87 bits per heavy atom. The van der Waals surface area contributed by atoms with Crippen LogP contribution in [0.4, 0.5) is 0 Å². The number of thiol groups is 1. The maximum atomic E-state index is 11.5. The highest BCUT2D eigenvalue weighted by Crippen LogP contribution is 2.15. The van der Waals surface area contributed by atoms with Crippen LogP contribution in [0.3, 0.4) is 0 Å². The topological polar surface area (TPSA) is 32.3 Å². The molecule has 1 rings (SSSR count). The molecule has 0 bridgehead atoms. The predicted molar refractivity (Wildman–Crippen MR) is 66.0 cm³/mol. The Morgan fingerprint density at radius 1 is 1.33 bits per heavy atom. The molecule has 0 aromatic rings. The number of carbonyl (C=O) groups is 1. The van der Waals surface area contributed by atoms with E-state index in [0.29, 0.717) is 11.4 Å². The van der Waals surface area contributed by atoms with Crippen molar-refractivity contribution in [3.05, 3.63) is 0 Å². The summed E-state index contributed by atoms with van der Waals surface area (Å²) in [6.45, 7) is 8.03. The molecule has 0 aromatic carbocycles. The van der Waals surface area contributed by atoms with Crippen LogP contribution in [-0.4, -0.2) is 35.3 Å². The molecule has 1 atom stereocenters. The average Bonchev–Trinajstić information content (AvgIpc) is 2.18. The molecule has 15 heavy (non-hydrogen) atoms. The van der Waals surface area contributed by atoms with Gasteiger partial charge in [0, 0.05) is 30.4 Å². The van der Waals surface area contributed by atoms with Crippen LogP contribution < -0.4 is 5.32 Å². The van der Waals surface area contributed by atoms with Crippen molar-refractivity contribution in [2.75, 3.05) is 13.1 Å². The quantitative estimate of drug-likeness (QED) is 0.720. The van der Waals surface area contributed by atoms with Gasteiger partial charge in [-0.2, -0.15) is 12.6 Å². The molecule has 88 valence electrons. The Hall–Kier alpha value is -0.220. The molecule has 1 N–H and O–H groups in total. The zero-order valence-corrected chi connectivity index (χ0v) is 10.8. The summed E-state index contributed by atoms with van der Waals surface area (Å²) in [5, 5.41) is 3.41. The largest absolute Gasteiger partial charge is 0.353 e. The van der Waals surface area contributed by atoms with Crippen LogP contribution in [0.15, 0.2) is 0 Å². The molecule has 0 aromatic heterocycles. The molecule has 1 aliphatic rings. The monoisotopic (exact) mass is 230 g/mol. The third-order valence-electron chi connectivity index (χ3n) is 2.93. The highest BCUT2D eigenvalue weighted by atomic mass is 32.1. The maximum Gasteiger partial charge on any atom is 0.222 e. The molecular weight excluding hydrogens is 208 g/mol. The number of nitrogens with one attached hydrogen (secondary N) is 1. The van der Waals surface area contributed by atoms with Crippen LogP contribution in [0.1, 0.15) is 33.6 Å². The summed E-state index contributed by atoms with van der Waals surface area (Å²) in [5.41, 5.74) is 0. The Kier molecular flexibility index (Phi) is 4.93. The van der Waals surface area contributed by atoms with Gasteiger partial charge < -0.3 is 5.32 Å². The summed E-state index contributed by atoms with van der Waals surface area (Å²) in [4.78, 5) is 13.8. The molecule has 0 aliphatic carbocycles. The van der Waals surface area contributed by atoms with E-state index >= 15 is 0 Å². The molecule has 1 fully saturated rings. The van der Waals surface area contributed by atoms with Gasteiger partial charge in [0.2, 0.25) is 5.91 Å². The molecule has 0 radical (unpaired) electrons. The minimum atomic E-state index is 0.0897. The number of rotatable bonds is 3. The first-order chi connectivity index (χ1) is 7.00. The molecule has 4 heteroatoms. The van der Waals surface area contributed by atoms with E-state index in [2.05, 4.69) is 29.8 Å². The van der Waals surface area contributed by atoms with Crippen LogP contribution in [0.2, 0.25) is 0 Å². The van der Waals surface area contributed by atoms with Crippen LogP contribution in [0.5, 0.6) is 0 Å². The lowest BCUT2D eigenvalue weighted by Crippen LogP contribution is -2.47. The van der Waals surface area contributed by atoms with Gasteiger partial charge in [-0.3, -0.25) is 9.69 Å². The molecular formula is C11H22N2OS. The summed E-state index contributed by atoms with van der Waals surface area (Å²) in [5.74, 6) is 0.263. The second-order valence-electron chi connectivity index (χ2n) is 4.61. The summed E-state index contributed by atoms with van der Waals surface area (Å²) >= 11 is 4.41. The van der Waals surface area contributed by atoms with E-state index in [-0.39, 0.29) is 11.8 Å². The molecule has 0 spiro atoms. The Morgan fingerprint density at radius 3 is 2.27 bits per heavy atom. The number of piperidine rings is 1. The van der Waals surface area contributed by atoms with Crippen LogP contribution in [0, 0.1) is 5.92 Å². The SMILES string of the molecule is CC(C)C(=O)NC1CCN(C(C)S)CC1. The second kappa shape index (κ2) is 5.75. The molecule has 0 saturated carbocycles. The van der Waals surface area contributed by atoms with E-state index in [1.165, 1.54) is 0 Å². The first-order valence-corrected chi connectivity index (χ1v) is 6.25. The number of carbonyl (C=O) groups excluding carboxylic acids is 1. The van der Waals surface area contributed by atoms with Crippen molar-refractivity contribution in [3.8, 4) is 0 Å². The van der Waals surface area contributed by atoms with Crippen molar-refractivity contribution in [3.63, 3.8) is 0 Å². The van der Waals surface area contributed by atoms with Crippen molar-refractivity contribution in [1.82, 2.24) is 10.2 Å². The number of amides is 1. The number of likely N-dealkylation sites (tertiary alicyclic amines) is 1. The zero-order valence-electron chi connectivity index (χ0n) is 9.86. The van der Waals surface area contributed by atoms with Crippen molar-refractivity contribution in [2.24, 2.45) is 5.92 Å². The predicted octanol–water partition coefficient (Wildman–Crippen LogP) is 1.50. The van der Waals surface area contributed by atoms with Gasteiger partial charge in [-0.1, -0.05) is 13.8 Å². The fourth-order valence-corrected chi connectivity index (χ4v) is 2.02. The lowest BCUT2D eigenvalue weighted by molar-refractivity contribution is -0.125. The van der Waals surface area contributed by atoms with Gasteiger partial charge in [0.25, 0.3) is 0 Å². The smallest absolute Gasteiger partial charge is 0.222 e. The summed E-state index contributed by atoms with van der Waals surface area (Å²) in [6, 6.07) is 0.364. The van der Waals surface area contributed by atoms with Crippen molar-refractivity contribution < 1.29 is 4.79 Å². The number of hydrogen-bond acceptors (Lipinski definition) is 3. The zero-order chi connectivity index (χ0) is 11.4. The lowest BCUT2D eigenvalue weighted by atomic mass is 10.0. The van der Waals surface area contributed by atoms with Gasteiger partial charge in [-0.25, -0.2) is 0 Å². The minimum Gasteiger partial charge on any atom is -0.353 e. The second-order valence-corrected chi connectivity index (χ2v) is 5.35. The average molecular weight is 230 g/mol. The first-order valence-electron chi connectivity index (χ1n) is 5.73. The molecule has 3 nitrogen and oxygen atoms in total. The highest BCUT2D eigenvalue weighted by molar-refractivity contribution is 7.80. The Balaban J connectivity index is 2.29. The lowest BCUT2D eigenvalue weighted by Gasteiger charge is -2.34. The Bertz CT molecular complexity index is 211. The normalized spacial score (nSPS) is 21.7. The summed E-state index contributed by atoms with van der Waals surface area (Å²) in [6.07, 6.45) is 2.09. The van der Waals surface area contributed by atoms with Crippen LogP contribution in [0.25, 0.3) is 0 Å². The van der Waals surface area contributed by atoms with E-state index in [1.807, 2.05) is 13.8 Å². The fraction of sp³-hybridized carbons (Fsp3) is 0.909. The van der Waals surface area contributed by atoms with Crippen molar-refractivity contribution in [1.29, 1.82) is 0 Å². The van der Waals surface area contributed by atoms with Crippen molar-refractivity contribution >= 4 is 18.5 Å². The van der Waals surface area contributed by atoms with Crippen molar-refractivity contribution in [2.45, 2.75) is 45.0 Å². The van der Waals surface area contributed by atoms with Gasteiger partial charge in [-0.15, -0.1) is 0 Å². The van der Waals surface area contributed by atoms with E-state index in [1.54, 1.807) is 0 Å². The maximum absolute atomic E-state index is 11.5. The number of nitrogens with zero attached hydrogens (tertiary/aromatic N) is 1. The van der Waals surface area contributed by atoms with Gasteiger partial charge >= 0.3 is 0 Å². The Labute approximate surface area is 98.0 Å². The van der Waals surface area contributed by atoms with Gasteiger partial charge in [0.15, 0.2) is 0 Å². The molecule has 1 saturated heterocycles. The standard InChI is InChI=1S/C11H22N2OS/c1-8(2)11(14)12-10-4-6-13(7-5-10)9(3)15/h8-10,15H,4-7H2,1-3H3,(H,12,14). The molecule has 1 heterocycles. The van der Waals surface area contributed by atoms with Crippen LogP contribution in [-0.2, 0) is 4.79 Å². The summed E-state index contributed by atoms with van der Waals surface area (Å²) in [7, 11) is 0. The molecule has 1 amide bonds. The van der Waals surface area contributed by atoms with Crippen LogP contribution >= 0.6 is 12.6 Å². The first kappa shape index (κ1) is 12.8. The van der Waals surface area contributed by atoms with Gasteiger partial charge in [0.1, 0.15) is 0 Å². The number of hydrogen-bond donors (Lipinski definition) is 2. The van der Waals surface area contributed by atoms with E-state index in [4.69, 9.17) is 0 Å². The van der Waals surface area contributed by atoms with E-state index < -0.39 is 0 Å².